The molecule has 2 rings (SSSR count). The molecule has 19 heavy (non-hydrogen) atoms. The predicted molar refractivity (Wildman–Crippen MR) is 85.2 cm³/mol. The fourth-order valence-electron chi connectivity index (χ4n) is 3.42. The average molecular weight is 290 g/mol. The number of nitrogens with one attached hydrogen (secondary N) is 1. The van der Waals surface area contributed by atoms with Crippen molar-refractivity contribution in [1.82, 2.24) is 15.1 Å². The number of piperidine rings is 1. The molecule has 0 atom stereocenters. The number of likely N-dealkylation sites (N-methyl/N-ethyl adjacent to an activating group) is 1. The molecule has 0 bridgehead atoms. The zero-order valence-corrected chi connectivity index (χ0v) is 13.6. The highest BCUT2D eigenvalue weighted by Gasteiger charge is 2.25. The van der Waals surface area contributed by atoms with Crippen LogP contribution >= 0.6 is 12.4 Å². The molecule has 1 N–H and O–H groups in total. The third kappa shape index (κ3) is 5.99. The van der Waals surface area contributed by atoms with Crippen LogP contribution in [0.15, 0.2) is 0 Å². The highest BCUT2D eigenvalue weighted by molar-refractivity contribution is 5.85. The van der Waals surface area contributed by atoms with Gasteiger partial charge in [0.05, 0.1) is 0 Å². The van der Waals surface area contributed by atoms with E-state index in [1.54, 1.807) is 0 Å². The van der Waals surface area contributed by atoms with Gasteiger partial charge in [0.2, 0.25) is 0 Å². The van der Waals surface area contributed by atoms with Crippen molar-refractivity contribution in [2.24, 2.45) is 5.92 Å². The van der Waals surface area contributed by atoms with Gasteiger partial charge in [-0.3, -0.25) is 4.90 Å². The number of rotatable bonds is 6. The maximum absolute atomic E-state index is 3.48. The van der Waals surface area contributed by atoms with Gasteiger partial charge < -0.3 is 10.2 Å². The second-order valence-corrected chi connectivity index (χ2v) is 6.43. The van der Waals surface area contributed by atoms with Gasteiger partial charge in [-0.15, -0.1) is 12.4 Å². The first-order valence-electron chi connectivity index (χ1n) is 7.85. The monoisotopic (exact) mass is 289 g/mol. The molecule has 1 aliphatic carbocycles. The van der Waals surface area contributed by atoms with E-state index in [2.05, 4.69) is 29.2 Å². The largest absolute Gasteiger partial charge is 0.317 e. The van der Waals surface area contributed by atoms with E-state index >= 15 is 0 Å². The van der Waals surface area contributed by atoms with Crippen molar-refractivity contribution in [3.05, 3.63) is 0 Å². The standard InChI is InChI=1S/C15H31N3.ClH/c1-17(2)11-12-18(15-5-3-4-6-15)13-14-7-9-16-10-8-14;/h14-16H,3-13H2,1-2H3;1H. The molecular formula is C15H32ClN3. The van der Waals surface area contributed by atoms with Crippen molar-refractivity contribution in [3.63, 3.8) is 0 Å². The Morgan fingerprint density at radius 1 is 0.947 bits per heavy atom. The summed E-state index contributed by atoms with van der Waals surface area (Å²) in [4.78, 5) is 5.13. The molecule has 0 aromatic rings. The summed E-state index contributed by atoms with van der Waals surface area (Å²) in [5.74, 6) is 0.939. The van der Waals surface area contributed by atoms with E-state index in [4.69, 9.17) is 0 Å². The van der Waals surface area contributed by atoms with Crippen LogP contribution in [0.4, 0.5) is 0 Å². The highest BCUT2D eigenvalue weighted by Crippen LogP contribution is 2.25. The van der Waals surface area contributed by atoms with Crippen molar-refractivity contribution in [3.8, 4) is 0 Å². The molecule has 114 valence electrons. The van der Waals surface area contributed by atoms with Crippen LogP contribution in [0.3, 0.4) is 0 Å². The lowest BCUT2D eigenvalue weighted by Gasteiger charge is -2.34. The van der Waals surface area contributed by atoms with Gasteiger partial charge in [0.25, 0.3) is 0 Å². The molecule has 0 aromatic carbocycles. The van der Waals surface area contributed by atoms with Gasteiger partial charge in [-0.2, -0.15) is 0 Å². The quantitative estimate of drug-likeness (QED) is 0.809. The summed E-state index contributed by atoms with van der Waals surface area (Å²) < 4.78 is 0. The zero-order chi connectivity index (χ0) is 12.8. The van der Waals surface area contributed by atoms with Crippen molar-refractivity contribution in [2.75, 3.05) is 46.8 Å². The summed E-state index contributed by atoms with van der Waals surface area (Å²) in [6.45, 7) is 6.29. The summed E-state index contributed by atoms with van der Waals surface area (Å²) >= 11 is 0. The molecule has 4 heteroatoms. The Morgan fingerprint density at radius 3 is 2.16 bits per heavy atom. The number of halogens is 1. The van der Waals surface area contributed by atoms with Gasteiger partial charge in [-0.05, 0) is 58.8 Å². The third-order valence-corrected chi connectivity index (χ3v) is 4.63. The molecule has 2 fully saturated rings. The van der Waals surface area contributed by atoms with Gasteiger partial charge in [-0.1, -0.05) is 12.8 Å². The van der Waals surface area contributed by atoms with E-state index in [0.29, 0.717) is 0 Å². The van der Waals surface area contributed by atoms with E-state index < -0.39 is 0 Å². The minimum absolute atomic E-state index is 0. The lowest BCUT2D eigenvalue weighted by molar-refractivity contribution is 0.141. The van der Waals surface area contributed by atoms with E-state index in [9.17, 15) is 0 Å². The summed E-state index contributed by atoms with van der Waals surface area (Å²) in [5.41, 5.74) is 0. The first-order valence-corrected chi connectivity index (χ1v) is 7.85. The molecule has 0 aromatic heterocycles. The third-order valence-electron chi connectivity index (χ3n) is 4.63. The molecule has 1 heterocycles. The Morgan fingerprint density at radius 2 is 1.58 bits per heavy atom. The van der Waals surface area contributed by atoms with Crippen LogP contribution in [-0.2, 0) is 0 Å². The minimum atomic E-state index is 0. The second-order valence-electron chi connectivity index (χ2n) is 6.43. The highest BCUT2D eigenvalue weighted by atomic mass is 35.5. The molecule has 0 unspecified atom stereocenters. The van der Waals surface area contributed by atoms with Crippen LogP contribution in [0.1, 0.15) is 38.5 Å². The van der Waals surface area contributed by atoms with E-state index in [1.165, 1.54) is 71.2 Å². The van der Waals surface area contributed by atoms with Crippen molar-refractivity contribution in [2.45, 2.75) is 44.6 Å². The van der Waals surface area contributed by atoms with Crippen LogP contribution in [0.25, 0.3) is 0 Å². The normalized spacial score (nSPS) is 22.1. The van der Waals surface area contributed by atoms with Crippen molar-refractivity contribution < 1.29 is 0 Å². The van der Waals surface area contributed by atoms with Crippen LogP contribution < -0.4 is 5.32 Å². The van der Waals surface area contributed by atoms with E-state index in [1.807, 2.05) is 0 Å². The second kappa shape index (κ2) is 9.17. The Balaban J connectivity index is 0.00000180. The van der Waals surface area contributed by atoms with E-state index in [0.717, 1.165) is 12.0 Å². The van der Waals surface area contributed by atoms with Crippen LogP contribution in [0.2, 0.25) is 0 Å². The van der Waals surface area contributed by atoms with Gasteiger partial charge in [0, 0.05) is 25.7 Å². The predicted octanol–water partition coefficient (Wildman–Crippen LogP) is 2.21. The average Bonchev–Trinajstić information content (AvgIpc) is 2.89. The summed E-state index contributed by atoms with van der Waals surface area (Å²) in [5, 5.41) is 3.48. The first kappa shape index (κ1) is 17.2. The smallest absolute Gasteiger partial charge is 0.0112 e. The van der Waals surface area contributed by atoms with Crippen LogP contribution in [0, 0.1) is 5.92 Å². The fourth-order valence-corrected chi connectivity index (χ4v) is 3.42. The maximum atomic E-state index is 3.48. The molecule has 3 nitrogen and oxygen atoms in total. The maximum Gasteiger partial charge on any atom is 0.0112 e. The Hall–Kier alpha value is 0.170. The minimum Gasteiger partial charge on any atom is -0.317 e. The van der Waals surface area contributed by atoms with Gasteiger partial charge >= 0.3 is 0 Å². The first-order chi connectivity index (χ1) is 8.75. The molecule has 2 aliphatic rings. The summed E-state index contributed by atoms with van der Waals surface area (Å²) in [6, 6.07) is 0.889. The molecule has 0 radical (unpaired) electrons. The van der Waals surface area contributed by atoms with Crippen LogP contribution in [-0.4, -0.2) is 62.7 Å². The Bertz CT molecular complexity index is 223. The number of nitrogens with zero attached hydrogens (tertiary/aromatic N) is 2. The molecule has 1 aliphatic heterocycles. The number of hydrogen-bond donors (Lipinski definition) is 1. The molecule has 1 saturated carbocycles. The Labute approximate surface area is 125 Å². The van der Waals surface area contributed by atoms with Crippen LogP contribution in [0.5, 0.6) is 0 Å². The summed E-state index contributed by atoms with van der Waals surface area (Å²) in [7, 11) is 4.38. The molecule has 0 amide bonds. The SMILES string of the molecule is CN(C)CCN(CC1CCNCC1)C1CCCC1.Cl. The van der Waals surface area contributed by atoms with Gasteiger partial charge in [0.1, 0.15) is 0 Å². The topological polar surface area (TPSA) is 18.5 Å². The lowest BCUT2D eigenvalue weighted by atomic mass is 9.96. The van der Waals surface area contributed by atoms with Gasteiger partial charge in [-0.25, -0.2) is 0 Å². The van der Waals surface area contributed by atoms with Gasteiger partial charge in [0.15, 0.2) is 0 Å². The molecule has 1 saturated heterocycles. The molecule has 0 spiro atoms. The van der Waals surface area contributed by atoms with Crippen molar-refractivity contribution >= 4 is 12.4 Å². The van der Waals surface area contributed by atoms with Crippen molar-refractivity contribution in [1.29, 1.82) is 0 Å². The van der Waals surface area contributed by atoms with E-state index in [-0.39, 0.29) is 12.4 Å². The molecular weight excluding hydrogens is 258 g/mol. The Kier molecular flexibility index (Phi) is 8.31. The lowest BCUT2D eigenvalue weighted by Crippen LogP contribution is -2.43. The fraction of sp³-hybridized carbons (Fsp3) is 1.00. The summed E-state index contributed by atoms with van der Waals surface area (Å²) in [6.07, 6.45) is 8.55. The number of hydrogen-bond acceptors (Lipinski definition) is 3. The zero-order valence-electron chi connectivity index (χ0n) is 12.7.